The van der Waals surface area contributed by atoms with Crippen molar-refractivity contribution in [3.05, 3.63) is 59.3 Å². The summed E-state index contributed by atoms with van der Waals surface area (Å²) in [7, 11) is 0. The molecular formula is C22H23N3O4. The Morgan fingerprint density at radius 2 is 2.10 bits per heavy atom. The summed E-state index contributed by atoms with van der Waals surface area (Å²) in [6.45, 7) is 4.50. The molecule has 0 spiro atoms. The van der Waals surface area contributed by atoms with E-state index in [1.54, 1.807) is 12.1 Å². The monoisotopic (exact) mass is 393 g/mol. The topological polar surface area (TPSA) is 107 Å². The number of nitrogens with zero attached hydrogens (tertiary/aromatic N) is 1. The molecule has 3 aromatic rings. The lowest BCUT2D eigenvalue weighted by molar-refractivity contribution is 0.194. The molecule has 0 radical (unpaired) electrons. The van der Waals surface area contributed by atoms with Gasteiger partial charge in [0.2, 0.25) is 0 Å². The third kappa shape index (κ3) is 5.20. The minimum atomic E-state index is -1.03. The fraction of sp³-hybridized carbons (Fsp3) is 0.273. The predicted octanol–water partition coefficient (Wildman–Crippen LogP) is 4.22. The van der Waals surface area contributed by atoms with Gasteiger partial charge in [-0.05, 0) is 61.7 Å². The van der Waals surface area contributed by atoms with Crippen molar-refractivity contribution < 1.29 is 19.4 Å². The Labute approximate surface area is 168 Å². The molecule has 150 valence electrons. The molecule has 0 aliphatic heterocycles. The van der Waals surface area contributed by atoms with Gasteiger partial charge in [-0.1, -0.05) is 6.07 Å². The molecule has 1 amide bonds. The average molecular weight is 393 g/mol. The highest BCUT2D eigenvalue weighted by atomic mass is 16.5. The first-order valence-corrected chi connectivity index (χ1v) is 9.35. The number of rotatable bonds is 8. The van der Waals surface area contributed by atoms with Gasteiger partial charge in [0.05, 0.1) is 11.7 Å². The van der Waals surface area contributed by atoms with Crippen LogP contribution >= 0.6 is 0 Å². The maximum Gasteiger partial charge on any atom is 0.404 e. The largest absolute Gasteiger partial charge is 0.490 e. The van der Waals surface area contributed by atoms with Gasteiger partial charge < -0.3 is 24.9 Å². The van der Waals surface area contributed by atoms with Crippen LogP contribution in [0.5, 0.6) is 11.5 Å². The highest BCUT2D eigenvalue weighted by Gasteiger charge is 2.09. The van der Waals surface area contributed by atoms with E-state index >= 15 is 0 Å². The molecule has 0 unspecified atom stereocenters. The third-order valence-corrected chi connectivity index (χ3v) is 4.34. The molecule has 0 saturated carbocycles. The summed E-state index contributed by atoms with van der Waals surface area (Å²) in [6, 6.07) is 13.4. The molecule has 1 aromatic heterocycles. The van der Waals surface area contributed by atoms with Gasteiger partial charge in [-0.15, -0.1) is 0 Å². The Hall–Kier alpha value is -3.66. The third-order valence-electron chi connectivity index (χ3n) is 4.34. The van der Waals surface area contributed by atoms with E-state index in [1.165, 1.54) is 0 Å². The quantitative estimate of drug-likeness (QED) is 0.531. The van der Waals surface area contributed by atoms with E-state index in [0.29, 0.717) is 36.6 Å². The molecule has 7 heteroatoms. The van der Waals surface area contributed by atoms with Crippen molar-refractivity contribution >= 4 is 17.0 Å². The summed E-state index contributed by atoms with van der Waals surface area (Å²) < 4.78 is 11.6. The molecule has 0 bridgehead atoms. The molecule has 7 nitrogen and oxygen atoms in total. The van der Waals surface area contributed by atoms with E-state index < -0.39 is 6.09 Å². The van der Waals surface area contributed by atoms with E-state index in [-0.39, 0.29) is 6.10 Å². The summed E-state index contributed by atoms with van der Waals surface area (Å²) >= 11 is 0. The summed E-state index contributed by atoms with van der Waals surface area (Å²) in [6.07, 6.45) is 1.43. The summed E-state index contributed by atoms with van der Waals surface area (Å²) in [5.74, 6) is 1.27. The summed E-state index contributed by atoms with van der Waals surface area (Å²) in [5, 5.41) is 21.4. The van der Waals surface area contributed by atoms with Crippen LogP contribution in [0.25, 0.3) is 10.9 Å². The smallest absolute Gasteiger partial charge is 0.404 e. The van der Waals surface area contributed by atoms with Crippen molar-refractivity contribution in [2.45, 2.75) is 33.0 Å². The van der Waals surface area contributed by atoms with Crippen LogP contribution in [0.4, 0.5) is 4.79 Å². The molecular weight excluding hydrogens is 370 g/mol. The molecule has 29 heavy (non-hydrogen) atoms. The standard InChI is InChI=1S/C22H23N3O4/c1-14(2)29-21-6-3-15(9-17(21)11-23)13-28-18-4-5-20-19(10-18)16(12-25-20)7-8-24-22(26)27/h3-6,9-10,12,14,24-25H,7-8,13H2,1-2H3,(H,26,27). The minimum Gasteiger partial charge on any atom is -0.490 e. The zero-order valence-corrected chi connectivity index (χ0v) is 16.4. The normalized spacial score (nSPS) is 10.7. The van der Waals surface area contributed by atoms with Crippen LogP contribution < -0.4 is 14.8 Å². The lowest BCUT2D eigenvalue weighted by Gasteiger charge is -2.12. The number of aromatic amines is 1. The fourth-order valence-corrected chi connectivity index (χ4v) is 3.04. The second-order valence-corrected chi connectivity index (χ2v) is 6.90. The van der Waals surface area contributed by atoms with Crippen LogP contribution in [-0.2, 0) is 13.0 Å². The first-order chi connectivity index (χ1) is 14.0. The lowest BCUT2D eigenvalue weighted by Crippen LogP contribution is -2.23. The lowest BCUT2D eigenvalue weighted by atomic mass is 10.1. The van der Waals surface area contributed by atoms with Crippen molar-refractivity contribution in [2.24, 2.45) is 0 Å². The number of ether oxygens (including phenoxy) is 2. The number of H-pyrrole nitrogens is 1. The van der Waals surface area contributed by atoms with Crippen LogP contribution in [0.3, 0.4) is 0 Å². The Bertz CT molecular complexity index is 1050. The second kappa shape index (κ2) is 9.02. The Balaban J connectivity index is 1.70. The van der Waals surface area contributed by atoms with E-state index in [1.807, 2.05) is 44.3 Å². The second-order valence-electron chi connectivity index (χ2n) is 6.90. The summed E-state index contributed by atoms with van der Waals surface area (Å²) in [4.78, 5) is 13.8. The molecule has 2 aromatic carbocycles. The van der Waals surface area contributed by atoms with Gasteiger partial charge in [0.25, 0.3) is 0 Å². The molecule has 0 fully saturated rings. The zero-order chi connectivity index (χ0) is 20.8. The number of carbonyl (C=O) groups is 1. The molecule has 0 atom stereocenters. The summed E-state index contributed by atoms with van der Waals surface area (Å²) in [5.41, 5.74) is 3.33. The molecule has 0 saturated heterocycles. The van der Waals surface area contributed by atoms with Crippen molar-refractivity contribution in [2.75, 3.05) is 6.54 Å². The van der Waals surface area contributed by atoms with E-state index in [9.17, 15) is 10.1 Å². The van der Waals surface area contributed by atoms with Gasteiger partial charge in [-0.25, -0.2) is 4.79 Å². The van der Waals surface area contributed by atoms with Gasteiger partial charge in [0.1, 0.15) is 24.2 Å². The number of hydrogen-bond acceptors (Lipinski definition) is 4. The maximum absolute atomic E-state index is 10.6. The van der Waals surface area contributed by atoms with Gasteiger partial charge in [-0.2, -0.15) is 5.26 Å². The maximum atomic E-state index is 10.6. The average Bonchev–Trinajstić information content (AvgIpc) is 3.09. The number of benzene rings is 2. The SMILES string of the molecule is CC(C)Oc1ccc(COc2ccc3[nH]cc(CCNC(=O)O)c3c2)cc1C#N. The van der Waals surface area contributed by atoms with Crippen LogP contribution in [0.15, 0.2) is 42.6 Å². The fourth-order valence-electron chi connectivity index (χ4n) is 3.04. The highest BCUT2D eigenvalue weighted by molar-refractivity contribution is 5.84. The number of aromatic nitrogens is 1. The van der Waals surface area contributed by atoms with Crippen LogP contribution in [0, 0.1) is 11.3 Å². The number of fused-ring (bicyclic) bond motifs is 1. The number of hydrogen-bond donors (Lipinski definition) is 3. The number of amides is 1. The van der Waals surface area contributed by atoms with Crippen molar-refractivity contribution in [1.29, 1.82) is 5.26 Å². The molecule has 0 aliphatic rings. The van der Waals surface area contributed by atoms with Crippen molar-refractivity contribution in [3.63, 3.8) is 0 Å². The molecule has 0 aliphatic carbocycles. The Morgan fingerprint density at radius 1 is 1.28 bits per heavy atom. The van der Waals surface area contributed by atoms with Gasteiger partial charge >= 0.3 is 6.09 Å². The highest BCUT2D eigenvalue weighted by Crippen LogP contribution is 2.26. The molecule has 1 heterocycles. The van der Waals surface area contributed by atoms with Gasteiger partial charge in [0, 0.05) is 23.6 Å². The van der Waals surface area contributed by atoms with Crippen LogP contribution in [-0.4, -0.2) is 28.8 Å². The van der Waals surface area contributed by atoms with E-state index in [0.717, 1.165) is 22.0 Å². The number of nitriles is 1. The van der Waals surface area contributed by atoms with Gasteiger partial charge in [-0.3, -0.25) is 0 Å². The van der Waals surface area contributed by atoms with Gasteiger partial charge in [0.15, 0.2) is 0 Å². The Morgan fingerprint density at radius 3 is 2.83 bits per heavy atom. The molecule has 3 rings (SSSR count). The molecule has 3 N–H and O–H groups in total. The van der Waals surface area contributed by atoms with Crippen LogP contribution in [0.2, 0.25) is 0 Å². The predicted molar refractivity (Wildman–Crippen MR) is 109 cm³/mol. The number of carboxylic acid groups (broad SMARTS) is 1. The van der Waals surface area contributed by atoms with Crippen LogP contribution in [0.1, 0.15) is 30.5 Å². The first kappa shape index (κ1) is 20.1. The van der Waals surface area contributed by atoms with Crippen molar-refractivity contribution in [3.8, 4) is 17.6 Å². The van der Waals surface area contributed by atoms with Crippen molar-refractivity contribution in [1.82, 2.24) is 10.3 Å². The Kier molecular flexibility index (Phi) is 6.25. The van der Waals surface area contributed by atoms with E-state index in [2.05, 4.69) is 16.4 Å². The zero-order valence-electron chi connectivity index (χ0n) is 16.4. The van der Waals surface area contributed by atoms with E-state index in [4.69, 9.17) is 14.6 Å². The first-order valence-electron chi connectivity index (χ1n) is 9.35. The minimum absolute atomic E-state index is 0.00262. The number of nitrogens with one attached hydrogen (secondary N) is 2.